The summed E-state index contributed by atoms with van der Waals surface area (Å²) in [4.78, 5) is 24.3. The summed E-state index contributed by atoms with van der Waals surface area (Å²) >= 11 is 0. The lowest BCUT2D eigenvalue weighted by atomic mass is 9.96. The number of rotatable bonds is 4. The molecular weight excluding hydrogens is 294 g/mol. The highest BCUT2D eigenvalue weighted by Gasteiger charge is 2.19. The zero-order valence-corrected chi connectivity index (χ0v) is 13.7. The summed E-state index contributed by atoms with van der Waals surface area (Å²) in [6, 6.07) is 5.58. The normalized spacial score (nSPS) is 10.8. The Morgan fingerprint density at radius 2 is 2.13 bits per heavy atom. The first-order valence-corrected chi connectivity index (χ1v) is 7.50. The van der Waals surface area contributed by atoms with Crippen LogP contribution in [0.2, 0.25) is 0 Å². The van der Waals surface area contributed by atoms with E-state index >= 15 is 0 Å². The molecule has 2 rings (SSSR count). The molecule has 0 spiro atoms. The van der Waals surface area contributed by atoms with Crippen molar-refractivity contribution in [2.24, 2.45) is 0 Å². The number of carbonyl (C=O) groups is 1. The number of aryl methyl sites for hydroxylation is 1. The number of fused-ring (bicyclic) bond motifs is 1. The van der Waals surface area contributed by atoms with E-state index in [0.29, 0.717) is 22.0 Å². The Kier molecular flexibility index (Phi) is 4.80. The SMILES string of the molecule is CCOC(=O)Cn1nc(C(C)C)c2c(C#N)c(C)ccc2c1=O. The van der Waals surface area contributed by atoms with Gasteiger partial charge in [0.05, 0.1) is 23.3 Å². The van der Waals surface area contributed by atoms with Crippen LogP contribution in [0.1, 0.15) is 43.5 Å². The minimum atomic E-state index is -0.510. The predicted octanol–water partition coefficient (Wildman–Crippen LogP) is 2.26. The van der Waals surface area contributed by atoms with Crippen LogP contribution in [0.4, 0.5) is 0 Å². The molecule has 0 radical (unpaired) electrons. The average Bonchev–Trinajstić information content (AvgIpc) is 2.49. The molecule has 1 heterocycles. The minimum Gasteiger partial charge on any atom is -0.465 e. The molecule has 23 heavy (non-hydrogen) atoms. The molecule has 1 aromatic carbocycles. The molecule has 120 valence electrons. The molecule has 0 unspecified atom stereocenters. The second-order valence-electron chi connectivity index (χ2n) is 5.60. The van der Waals surface area contributed by atoms with Crippen molar-refractivity contribution in [3.8, 4) is 6.07 Å². The number of nitriles is 1. The molecule has 0 atom stereocenters. The molecule has 0 bridgehead atoms. The number of carbonyl (C=O) groups excluding carboxylic acids is 1. The Balaban J connectivity index is 2.79. The van der Waals surface area contributed by atoms with Gasteiger partial charge in [0, 0.05) is 5.39 Å². The third-order valence-corrected chi connectivity index (χ3v) is 3.61. The maximum absolute atomic E-state index is 12.6. The van der Waals surface area contributed by atoms with Crippen LogP contribution in [0.25, 0.3) is 10.8 Å². The molecule has 0 aliphatic carbocycles. The zero-order chi connectivity index (χ0) is 17.1. The van der Waals surface area contributed by atoms with Gasteiger partial charge in [0.25, 0.3) is 5.56 Å². The fourth-order valence-electron chi connectivity index (χ4n) is 2.50. The van der Waals surface area contributed by atoms with E-state index in [2.05, 4.69) is 11.2 Å². The first-order valence-electron chi connectivity index (χ1n) is 7.50. The van der Waals surface area contributed by atoms with Crippen molar-refractivity contribution in [3.05, 3.63) is 39.3 Å². The van der Waals surface area contributed by atoms with Crippen molar-refractivity contribution in [1.82, 2.24) is 9.78 Å². The largest absolute Gasteiger partial charge is 0.465 e. The monoisotopic (exact) mass is 313 g/mol. The first-order chi connectivity index (χ1) is 10.9. The number of hydrogen-bond acceptors (Lipinski definition) is 5. The highest BCUT2D eigenvalue weighted by atomic mass is 16.5. The fourth-order valence-corrected chi connectivity index (χ4v) is 2.50. The summed E-state index contributed by atoms with van der Waals surface area (Å²) in [6.45, 7) is 7.41. The molecular formula is C17H19N3O3. The van der Waals surface area contributed by atoms with Gasteiger partial charge in [0.2, 0.25) is 0 Å². The van der Waals surface area contributed by atoms with Crippen molar-refractivity contribution in [2.45, 2.75) is 40.2 Å². The van der Waals surface area contributed by atoms with Crippen LogP contribution in [0.3, 0.4) is 0 Å². The molecule has 1 aromatic heterocycles. The Labute approximate surface area is 134 Å². The Morgan fingerprint density at radius 3 is 2.70 bits per heavy atom. The van der Waals surface area contributed by atoms with Gasteiger partial charge >= 0.3 is 5.97 Å². The van der Waals surface area contributed by atoms with E-state index in [9.17, 15) is 14.9 Å². The van der Waals surface area contributed by atoms with Gasteiger partial charge in [0.1, 0.15) is 12.6 Å². The van der Waals surface area contributed by atoms with Gasteiger partial charge in [-0.1, -0.05) is 19.9 Å². The molecule has 0 saturated carbocycles. The second kappa shape index (κ2) is 6.61. The van der Waals surface area contributed by atoms with E-state index in [-0.39, 0.29) is 19.1 Å². The maximum Gasteiger partial charge on any atom is 0.327 e. The van der Waals surface area contributed by atoms with Gasteiger partial charge in [-0.05, 0) is 31.4 Å². The summed E-state index contributed by atoms with van der Waals surface area (Å²) < 4.78 is 6.00. The quantitative estimate of drug-likeness (QED) is 0.808. The van der Waals surface area contributed by atoms with Crippen LogP contribution in [0.5, 0.6) is 0 Å². The smallest absolute Gasteiger partial charge is 0.327 e. The zero-order valence-electron chi connectivity index (χ0n) is 13.7. The van der Waals surface area contributed by atoms with Crippen LogP contribution < -0.4 is 5.56 Å². The number of aromatic nitrogens is 2. The number of benzene rings is 1. The van der Waals surface area contributed by atoms with Crippen LogP contribution in [0.15, 0.2) is 16.9 Å². The standard InChI is InChI=1S/C17H19N3O3/c1-5-23-14(21)9-20-17(22)12-7-6-11(4)13(8-18)15(12)16(19-20)10(2)3/h6-7,10H,5,9H2,1-4H3. The van der Waals surface area contributed by atoms with Gasteiger partial charge in [0.15, 0.2) is 0 Å². The summed E-state index contributed by atoms with van der Waals surface area (Å²) in [7, 11) is 0. The van der Waals surface area contributed by atoms with Crippen molar-refractivity contribution in [3.63, 3.8) is 0 Å². The Hall–Kier alpha value is -2.68. The van der Waals surface area contributed by atoms with Gasteiger partial charge in [-0.2, -0.15) is 10.4 Å². The molecule has 0 amide bonds. The molecule has 0 aliphatic heterocycles. The fraction of sp³-hybridized carbons (Fsp3) is 0.412. The predicted molar refractivity (Wildman–Crippen MR) is 86.2 cm³/mol. The van der Waals surface area contributed by atoms with Crippen LogP contribution in [0, 0.1) is 18.3 Å². The number of esters is 1. The lowest BCUT2D eigenvalue weighted by Gasteiger charge is -2.14. The summed E-state index contributed by atoms with van der Waals surface area (Å²) in [5, 5.41) is 14.7. The van der Waals surface area contributed by atoms with Crippen LogP contribution >= 0.6 is 0 Å². The highest BCUT2D eigenvalue weighted by Crippen LogP contribution is 2.26. The van der Waals surface area contributed by atoms with Crippen LogP contribution in [-0.2, 0) is 16.1 Å². The molecule has 0 fully saturated rings. The highest BCUT2D eigenvalue weighted by molar-refractivity contribution is 5.90. The topological polar surface area (TPSA) is 85.0 Å². The van der Waals surface area contributed by atoms with Crippen LogP contribution in [-0.4, -0.2) is 22.4 Å². The van der Waals surface area contributed by atoms with E-state index in [1.807, 2.05) is 20.8 Å². The number of ether oxygens (including phenoxy) is 1. The molecule has 0 N–H and O–H groups in total. The third-order valence-electron chi connectivity index (χ3n) is 3.61. The van der Waals surface area contributed by atoms with Gasteiger partial charge in [-0.15, -0.1) is 0 Å². The van der Waals surface area contributed by atoms with Gasteiger partial charge < -0.3 is 4.74 Å². The summed E-state index contributed by atoms with van der Waals surface area (Å²) in [5.74, 6) is -0.510. The molecule has 0 saturated heterocycles. The number of nitrogens with zero attached hydrogens (tertiary/aromatic N) is 3. The van der Waals surface area contributed by atoms with Gasteiger partial charge in [-0.25, -0.2) is 4.68 Å². The molecule has 0 aliphatic rings. The van der Waals surface area contributed by atoms with Crippen molar-refractivity contribution in [2.75, 3.05) is 6.61 Å². The number of hydrogen-bond donors (Lipinski definition) is 0. The van der Waals surface area contributed by atoms with Crippen molar-refractivity contribution >= 4 is 16.7 Å². The first kappa shape index (κ1) is 16.7. The lowest BCUT2D eigenvalue weighted by molar-refractivity contribution is -0.144. The molecule has 6 heteroatoms. The van der Waals surface area contributed by atoms with Crippen molar-refractivity contribution in [1.29, 1.82) is 5.26 Å². The van der Waals surface area contributed by atoms with Gasteiger partial charge in [-0.3, -0.25) is 9.59 Å². The lowest BCUT2D eigenvalue weighted by Crippen LogP contribution is -2.29. The van der Waals surface area contributed by atoms with Crippen molar-refractivity contribution < 1.29 is 9.53 Å². The second-order valence-corrected chi connectivity index (χ2v) is 5.60. The van der Waals surface area contributed by atoms with E-state index in [0.717, 1.165) is 10.2 Å². The Morgan fingerprint density at radius 1 is 1.43 bits per heavy atom. The van der Waals surface area contributed by atoms with E-state index in [1.54, 1.807) is 19.1 Å². The minimum absolute atomic E-state index is 0.000413. The average molecular weight is 313 g/mol. The summed E-state index contributed by atoms with van der Waals surface area (Å²) in [6.07, 6.45) is 0. The van der Waals surface area contributed by atoms with E-state index in [4.69, 9.17) is 4.74 Å². The van der Waals surface area contributed by atoms with E-state index < -0.39 is 11.5 Å². The Bertz CT molecular complexity index is 860. The molecule has 2 aromatic rings. The summed E-state index contributed by atoms with van der Waals surface area (Å²) in [5.41, 5.74) is 1.49. The third kappa shape index (κ3) is 3.09. The van der Waals surface area contributed by atoms with E-state index in [1.165, 1.54) is 0 Å². The molecule has 6 nitrogen and oxygen atoms in total. The maximum atomic E-state index is 12.6.